The molecule has 0 unspecified atom stereocenters. The summed E-state index contributed by atoms with van der Waals surface area (Å²) in [5.41, 5.74) is 5.20. The van der Waals surface area contributed by atoms with E-state index in [0.29, 0.717) is 13.0 Å². The van der Waals surface area contributed by atoms with Gasteiger partial charge in [0.05, 0.1) is 0 Å². The molecule has 0 aromatic rings. The molecular weight excluding hydrogens is 152 g/mol. The molecule has 0 aliphatic carbocycles. The third-order valence-corrected chi connectivity index (χ3v) is 1.37. The molecule has 0 atom stereocenters. The Hall–Kier alpha value is -0.570. The second-order valence-electron chi connectivity index (χ2n) is 4.04. The number of rotatable bonds is 4. The molecule has 3 N–H and O–H groups in total. The first-order valence-electron chi connectivity index (χ1n) is 4.47. The predicted molar refractivity (Wildman–Crippen MR) is 50.8 cm³/mol. The minimum Gasteiger partial charge on any atom is -0.352 e. The maximum absolute atomic E-state index is 11.2. The van der Waals surface area contributed by atoms with E-state index in [-0.39, 0.29) is 11.4 Å². The topological polar surface area (TPSA) is 55.1 Å². The molecule has 3 heteroatoms. The van der Waals surface area contributed by atoms with Crippen molar-refractivity contribution in [3.63, 3.8) is 0 Å². The van der Waals surface area contributed by atoms with E-state index in [4.69, 9.17) is 5.73 Å². The van der Waals surface area contributed by atoms with Crippen LogP contribution in [0.5, 0.6) is 0 Å². The van der Waals surface area contributed by atoms with E-state index >= 15 is 0 Å². The van der Waals surface area contributed by atoms with Crippen molar-refractivity contribution in [1.29, 1.82) is 0 Å². The summed E-state index contributed by atoms with van der Waals surface area (Å²) in [6.07, 6.45) is 2.41. The number of hydrogen-bond acceptors (Lipinski definition) is 2. The highest BCUT2D eigenvalue weighted by Gasteiger charge is 2.12. The third-order valence-electron chi connectivity index (χ3n) is 1.37. The average Bonchev–Trinajstić information content (AvgIpc) is 1.84. The van der Waals surface area contributed by atoms with Crippen LogP contribution in [0.4, 0.5) is 0 Å². The Morgan fingerprint density at radius 1 is 1.33 bits per heavy atom. The number of carbonyl (C=O) groups is 1. The van der Waals surface area contributed by atoms with Gasteiger partial charge in [-0.2, -0.15) is 0 Å². The van der Waals surface area contributed by atoms with E-state index in [2.05, 4.69) is 5.32 Å². The summed E-state index contributed by atoms with van der Waals surface area (Å²) in [7, 11) is 0. The van der Waals surface area contributed by atoms with Gasteiger partial charge in [0.25, 0.3) is 0 Å². The average molecular weight is 172 g/mol. The Morgan fingerprint density at radius 2 is 1.92 bits per heavy atom. The van der Waals surface area contributed by atoms with E-state index in [1.54, 1.807) is 0 Å². The lowest BCUT2D eigenvalue weighted by molar-refractivity contribution is -0.122. The van der Waals surface area contributed by atoms with Crippen molar-refractivity contribution in [3.05, 3.63) is 0 Å². The van der Waals surface area contributed by atoms with Gasteiger partial charge in [0.15, 0.2) is 0 Å². The number of amides is 1. The maximum atomic E-state index is 11.2. The van der Waals surface area contributed by atoms with E-state index in [0.717, 1.165) is 12.8 Å². The van der Waals surface area contributed by atoms with Gasteiger partial charge in [-0.15, -0.1) is 0 Å². The van der Waals surface area contributed by atoms with Crippen molar-refractivity contribution < 1.29 is 4.79 Å². The summed E-state index contributed by atoms with van der Waals surface area (Å²) >= 11 is 0. The van der Waals surface area contributed by atoms with Crippen molar-refractivity contribution in [2.75, 3.05) is 6.54 Å². The lowest BCUT2D eigenvalue weighted by atomic mass is 10.1. The molecule has 0 saturated heterocycles. The van der Waals surface area contributed by atoms with Crippen molar-refractivity contribution in [2.45, 2.75) is 45.6 Å². The normalized spacial score (nSPS) is 11.3. The summed E-state index contributed by atoms with van der Waals surface area (Å²) in [5, 5.41) is 2.90. The van der Waals surface area contributed by atoms with Crippen molar-refractivity contribution in [2.24, 2.45) is 5.73 Å². The fraction of sp³-hybridized carbons (Fsp3) is 0.889. The molecule has 72 valence electrons. The molecule has 0 radical (unpaired) electrons. The summed E-state index contributed by atoms with van der Waals surface area (Å²) in [5.74, 6) is 0.121. The van der Waals surface area contributed by atoms with E-state index in [9.17, 15) is 4.79 Å². The van der Waals surface area contributed by atoms with Gasteiger partial charge in [-0.05, 0) is 40.2 Å². The first kappa shape index (κ1) is 11.4. The molecule has 3 nitrogen and oxygen atoms in total. The zero-order valence-electron chi connectivity index (χ0n) is 8.31. The second kappa shape index (κ2) is 5.14. The van der Waals surface area contributed by atoms with Gasteiger partial charge in [-0.25, -0.2) is 0 Å². The molecule has 0 rings (SSSR count). The first-order valence-corrected chi connectivity index (χ1v) is 4.47. The third kappa shape index (κ3) is 7.54. The summed E-state index contributed by atoms with van der Waals surface area (Å²) in [6, 6.07) is 0. The minimum absolute atomic E-state index is 0.111. The fourth-order valence-corrected chi connectivity index (χ4v) is 0.911. The molecular formula is C9H20N2O. The molecule has 0 aromatic carbocycles. The predicted octanol–water partition coefficient (Wildman–Crippen LogP) is 1.03. The maximum Gasteiger partial charge on any atom is 0.220 e. The minimum atomic E-state index is -0.111. The van der Waals surface area contributed by atoms with Crippen LogP contribution in [0.25, 0.3) is 0 Å². The number of unbranched alkanes of at least 4 members (excludes halogenated alkanes) is 1. The monoisotopic (exact) mass is 172 g/mol. The molecule has 0 aromatic heterocycles. The molecule has 0 fully saturated rings. The summed E-state index contributed by atoms with van der Waals surface area (Å²) in [4.78, 5) is 11.2. The van der Waals surface area contributed by atoms with Crippen LogP contribution >= 0.6 is 0 Å². The quantitative estimate of drug-likeness (QED) is 0.622. The summed E-state index contributed by atoms with van der Waals surface area (Å²) in [6.45, 7) is 6.61. The van der Waals surface area contributed by atoms with Gasteiger partial charge >= 0.3 is 0 Å². The van der Waals surface area contributed by atoms with Crippen LogP contribution in [0.1, 0.15) is 40.0 Å². The Morgan fingerprint density at radius 3 is 2.33 bits per heavy atom. The molecule has 0 heterocycles. The van der Waals surface area contributed by atoms with Gasteiger partial charge in [0, 0.05) is 12.0 Å². The second-order valence-corrected chi connectivity index (χ2v) is 4.04. The molecule has 1 amide bonds. The van der Waals surface area contributed by atoms with E-state index in [1.807, 2.05) is 20.8 Å². The molecule has 0 spiro atoms. The van der Waals surface area contributed by atoms with Crippen molar-refractivity contribution in [1.82, 2.24) is 5.32 Å². The smallest absolute Gasteiger partial charge is 0.220 e. The van der Waals surface area contributed by atoms with Gasteiger partial charge in [-0.3, -0.25) is 4.79 Å². The van der Waals surface area contributed by atoms with Crippen molar-refractivity contribution >= 4 is 5.91 Å². The summed E-state index contributed by atoms with van der Waals surface area (Å²) < 4.78 is 0. The molecule has 0 bridgehead atoms. The van der Waals surface area contributed by atoms with Crippen LogP contribution in [0, 0.1) is 0 Å². The first-order chi connectivity index (χ1) is 5.45. The highest BCUT2D eigenvalue weighted by atomic mass is 16.1. The van der Waals surface area contributed by atoms with Crippen LogP contribution < -0.4 is 11.1 Å². The van der Waals surface area contributed by atoms with Crippen LogP contribution in [0.2, 0.25) is 0 Å². The highest BCUT2D eigenvalue weighted by molar-refractivity contribution is 5.76. The lowest BCUT2D eigenvalue weighted by Gasteiger charge is -2.20. The van der Waals surface area contributed by atoms with Gasteiger partial charge < -0.3 is 11.1 Å². The lowest BCUT2D eigenvalue weighted by Crippen LogP contribution is -2.40. The largest absolute Gasteiger partial charge is 0.352 e. The number of nitrogens with one attached hydrogen (secondary N) is 1. The van der Waals surface area contributed by atoms with E-state index < -0.39 is 0 Å². The van der Waals surface area contributed by atoms with Crippen LogP contribution in [0.3, 0.4) is 0 Å². The van der Waals surface area contributed by atoms with Crippen LogP contribution in [0.15, 0.2) is 0 Å². The van der Waals surface area contributed by atoms with Crippen LogP contribution in [-0.4, -0.2) is 18.0 Å². The zero-order chi connectivity index (χ0) is 9.61. The Kier molecular flexibility index (Phi) is 4.90. The van der Waals surface area contributed by atoms with Crippen LogP contribution in [-0.2, 0) is 4.79 Å². The fourth-order valence-electron chi connectivity index (χ4n) is 0.911. The Balaban J connectivity index is 3.47. The number of nitrogens with two attached hydrogens (primary N) is 1. The molecule has 0 aliphatic heterocycles. The van der Waals surface area contributed by atoms with E-state index in [1.165, 1.54) is 0 Å². The standard InChI is InChI=1S/C9H20N2O/c1-9(2,3)11-8(12)6-4-5-7-10/h4-7,10H2,1-3H3,(H,11,12). The number of carbonyl (C=O) groups excluding carboxylic acids is 1. The molecule has 0 saturated carbocycles. The Bertz CT molecular complexity index is 138. The molecule has 12 heavy (non-hydrogen) atoms. The van der Waals surface area contributed by atoms with Gasteiger partial charge in [0.1, 0.15) is 0 Å². The molecule has 0 aliphatic rings. The number of hydrogen-bond donors (Lipinski definition) is 2. The SMILES string of the molecule is CC(C)(C)NC(=O)CCCCN. The van der Waals surface area contributed by atoms with Crippen molar-refractivity contribution in [3.8, 4) is 0 Å². The van der Waals surface area contributed by atoms with Gasteiger partial charge in [0.2, 0.25) is 5.91 Å². The zero-order valence-corrected chi connectivity index (χ0v) is 8.31. The Labute approximate surface area is 74.7 Å². The van der Waals surface area contributed by atoms with Gasteiger partial charge in [-0.1, -0.05) is 0 Å². The highest BCUT2D eigenvalue weighted by Crippen LogP contribution is 2.01.